The molecule has 1 heterocycles. The van der Waals surface area contributed by atoms with Crippen LogP contribution in [0.3, 0.4) is 0 Å². The van der Waals surface area contributed by atoms with E-state index >= 15 is 0 Å². The number of carbonyl (C=O) groups excluding carboxylic acids is 2. The van der Waals surface area contributed by atoms with Crippen molar-refractivity contribution < 1.29 is 19.4 Å². The van der Waals surface area contributed by atoms with E-state index < -0.39 is 23.1 Å². The van der Waals surface area contributed by atoms with Gasteiger partial charge in [0.15, 0.2) is 5.76 Å². The largest absolute Gasteiger partial charge is 0.502 e. The van der Waals surface area contributed by atoms with Gasteiger partial charge in [-0.25, -0.2) is 0 Å². The van der Waals surface area contributed by atoms with Gasteiger partial charge in [-0.2, -0.15) is 0 Å². The van der Waals surface area contributed by atoms with Gasteiger partial charge >= 0.3 is 0 Å². The van der Waals surface area contributed by atoms with Crippen LogP contribution in [0.1, 0.15) is 6.42 Å². The first-order valence-electron chi connectivity index (χ1n) is 3.62. The molecule has 1 aliphatic heterocycles. The van der Waals surface area contributed by atoms with Gasteiger partial charge < -0.3 is 21.3 Å². The molecule has 13 heavy (non-hydrogen) atoms. The first-order chi connectivity index (χ1) is 6.02. The molecule has 6 nitrogen and oxygen atoms in total. The van der Waals surface area contributed by atoms with Crippen LogP contribution in [0.5, 0.6) is 0 Å². The Kier molecular flexibility index (Phi) is 2.24. The molecule has 0 spiro atoms. The fourth-order valence-corrected chi connectivity index (χ4v) is 0.992. The molecule has 0 radical (unpaired) electrons. The lowest BCUT2D eigenvalue weighted by molar-refractivity contribution is -0.144. The molecule has 5 N–H and O–H groups in total. The molecule has 72 valence electrons. The zero-order valence-corrected chi connectivity index (χ0v) is 6.82. The average molecular weight is 186 g/mol. The summed E-state index contributed by atoms with van der Waals surface area (Å²) in [5, 5.41) is 8.88. The number of carbonyl (C=O) groups is 2. The molecule has 0 fully saturated rings. The van der Waals surface area contributed by atoms with Gasteiger partial charge in [-0.1, -0.05) is 0 Å². The van der Waals surface area contributed by atoms with Crippen molar-refractivity contribution in [1.82, 2.24) is 0 Å². The van der Waals surface area contributed by atoms with Crippen molar-refractivity contribution in [2.24, 2.45) is 11.5 Å². The highest BCUT2D eigenvalue weighted by Crippen LogP contribution is 2.22. The van der Waals surface area contributed by atoms with E-state index in [9.17, 15) is 9.59 Å². The number of allylic oxidation sites excluding steroid dienone is 1. The molecule has 1 amide bonds. The van der Waals surface area contributed by atoms with Gasteiger partial charge in [-0.3, -0.25) is 9.59 Å². The lowest BCUT2D eigenvalue weighted by atomic mass is 9.94. The van der Waals surface area contributed by atoms with E-state index in [0.29, 0.717) is 0 Å². The summed E-state index contributed by atoms with van der Waals surface area (Å²) in [6, 6.07) is 0. The first-order valence-corrected chi connectivity index (χ1v) is 3.62. The number of aliphatic hydroxyl groups excluding tert-OH is 1. The molecule has 0 aliphatic carbocycles. The molecular formula is C7H10N2O4. The van der Waals surface area contributed by atoms with Crippen molar-refractivity contribution in [1.29, 1.82) is 0 Å². The fraction of sp³-hybridized carbons (Fsp3) is 0.429. The average Bonchev–Trinajstić information content (AvgIpc) is 2.09. The van der Waals surface area contributed by atoms with Crippen LogP contribution in [0.25, 0.3) is 0 Å². The van der Waals surface area contributed by atoms with Crippen molar-refractivity contribution in [3.05, 3.63) is 12.0 Å². The molecule has 0 aromatic heterocycles. The van der Waals surface area contributed by atoms with Crippen molar-refractivity contribution >= 4 is 11.7 Å². The second-order valence-electron chi connectivity index (χ2n) is 2.78. The predicted octanol–water partition coefficient (Wildman–Crippen LogP) is -1.44. The summed E-state index contributed by atoms with van der Waals surface area (Å²) in [6.45, 7) is -0.197. The van der Waals surface area contributed by atoms with E-state index in [1.807, 2.05) is 0 Å². The number of ketones is 1. The number of hydrogen-bond acceptors (Lipinski definition) is 5. The third kappa shape index (κ3) is 1.48. The van der Waals surface area contributed by atoms with Gasteiger partial charge in [0.2, 0.25) is 11.4 Å². The summed E-state index contributed by atoms with van der Waals surface area (Å²) < 4.78 is 4.83. The monoisotopic (exact) mass is 186 g/mol. The van der Waals surface area contributed by atoms with E-state index in [1.165, 1.54) is 0 Å². The van der Waals surface area contributed by atoms with Crippen LogP contribution in [0.15, 0.2) is 12.0 Å². The van der Waals surface area contributed by atoms with Crippen LogP contribution < -0.4 is 11.5 Å². The fourth-order valence-electron chi connectivity index (χ4n) is 0.992. The maximum atomic E-state index is 11.0. The minimum Gasteiger partial charge on any atom is -0.502 e. The van der Waals surface area contributed by atoms with Crippen LogP contribution in [0.4, 0.5) is 0 Å². The number of aliphatic hydroxyl groups is 1. The summed E-state index contributed by atoms with van der Waals surface area (Å²) in [5.74, 6) is -1.94. The summed E-state index contributed by atoms with van der Waals surface area (Å²) in [4.78, 5) is 21.9. The summed E-state index contributed by atoms with van der Waals surface area (Å²) in [5.41, 5.74) is 8.77. The number of hydrogen-bond donors (Lipinski definition) is 3. The predicted molar refractivity (Wildman–Crippen MR) is 42.4 cm³/mol. The van der Waals surface area contributed by atoms with E-state index in [4.69, 9.17) is 21.3 Å². The smallest absolute Gasteiger partial charge is 0.263 e. The minimum atomic E-state index is -1.50. The number of nitrogens with two attached hydrogens (primary N) is 2. The van der Waals surface area contributed by atoms with Crippen molar-refractivity contribution in [2.75, 3.05) is 6.54 Å². The molecule has 0 aromatic carbocycles. The Bertz CT molecular complexity index is 286. The van der Waals surface area contributed by atoms with Crippen LogP contribution in [-0.4, -0.2) is 28.9 Å². The maximum absolute atomic E-state index is 11.0. The third-order valence-corrected chi connectivity index (χ3v) is 1.91. The molecule has 0 aromatic rings. The molecule has 1 atom stereocenters. The second kappa shape index (κ2) is 3.06. The minimum absolute atomic E-state index is 0.197. The highest BCUT2D eigenvalue weighted by Gasteiger charge is 2.42. The van der Waals surface area contributed by atoms with E-state index in [0.717, 1.165) is 6.26 Å². The summed E-state index contributed by atoms with van der Waals surface area (Å²) >= 11 is 0. The number of primary amides is 1. The molecule has 0 saturated carbocycles. The molecule has 6 heteroatoms. The zero-order valence-electron chi connectivity index (χ0n) is 6.82. The Hall–Kier alpha value is -1.56. The van der Waals surface area contributed by atoms with Gasteiger partial charge in [-0.15, -0.1) is 0 Å². The Morgan fingerprint density at radius 2 is 2.38 bits per heavy atom. The second-order valence-corrected chi connectivity index (χ2v) is 2.78. The Morgan fingerprint density at radius 3 is 2.77 bits per heavy atom. The van der Waals surface area contributed by atoms with E-state index in [1.54, 1.807) is 0 Å². The third-order valence-electron chi connectivity index (χ3n) is 1.91. The van der Waals surface area contributed by atoms with Crippen molar-refractivity contribution in [3.8, 4) is 0 Å². The molecular weight excluding hydrogens is 176 g/mol. The molecule has 1 rings (SSSR count). The van der Waals surface area contributed by atoms with Crippen LogP contribution in [-0.2, 0) is 14.3 Å². The Balaban J connectivity index is 2.96. The van der Waals surface area contributed by atoms with Gasteiger partial charge in [0.1, 0.15) is 6.26 Å². The Labute approximate surface area is 74.1 Å². The highest BCUT2D eigenvalue weighted by molar-refractivity contribution is 5.99. The number of amides is 1. The summed E-state index contributed by atoms with van der Waals surface area (Å²) in [6.07, 6.45) is 0.477. The molecule has 1 unspecified atom stereocenters. The lowest BCUT2D eigenvalue weighted by Gasteiger charge is -2.30. The van der Waals surface area contributed by atoms with Gasteiger partial charge in [0.25, 0.3) is 5.91 Å². The lowest BCUT2D eigenvalue weighted by Crippen LogP contribution is -2.54. The van der Waals surface area contributed by atoms with Crippen molar-refractivity contribution in [2.45, 2.75) is 12.0 Å². The number of Topliss-reactive ketones (excluding diaryl/α,β-unsaturated/α-hetero) is 1. The van der Waals surface area contributed by atoms with Gasteiger partial charge in [0.05, 0.1) is 6.42 Å². The quantitative estimate of drug-likeness (QED) is 0.488. The SMILES string of the molecule is NCC1(C(N)=O)CC(=O)C(O)=CO1. The first kappa shape index (κ1) is 9.53. The van der Waals surface area contributed by atoms with E-state index in [-0.39, 0.29) is 13.0 Å². The van der Waals surface area contributed by atoms with E-state index in [2.05, 4.69) is 0 Å². The zero-order chi connectivity index (χ0) is 10.1. The van der Waals surface area contributed by atoms with Crippen molar-refractivity contribution in [3.63, 3.8) is 0 Å². The number of rotatable bonds is 2. The van der Waals surface area contributed by atoms with Gasteiger partial charge in [-0.05, 0) is 0 Å². The highest BCUT2D eigenvalue weighted by atomic mass is 16.5. The van der Waals surface area contributed by atoms with Crippen LogP contribution in [0, 0.1) is 0 Å². The van der Waals surface area contributed by atoms with Crippen LogP contribution in [0.2, 0.25) is 0 Å². The summed E-state index contributed by atoms with van der Waals surface area (Å²) in [7, 11) is 0. The van der Waals surface area contributed by atoms with Gasteiger partial charge in [0, 0.05) is 6.54 Å². The van der Waals surface area contributed by atoms with Crippen LogP contribution >= 0.6 is 0 Å². The Morgan fingerprint density at radius 1 is 1.77 bits per heavy atom. The number of ether oxygens (including phenoxy) is 1. The standard InChI is InChI=1S/C7H10N2O4/c8-3-7(6(9)12)1-4(10)5(11)2-13-7/h2,11H,1,3,8H2,(H2,9,12). The normalized spacial score (nSPS) is 27.8. The molecule has 0 saturated heterocycles. The maximum Gasteiger partial charge on any atom is 0.263 e. The topological polar surface area (TPSA) is 116 Å². The molecule has 1 aliphatic rings. The molecule has 0 bridgehead atoms.